The van der Waals surface area contributed by atoms with Gasteiger partial charge in [0.1, 0.15) is 17.2 Å². The third-order valence-corrected chi connectivity index (χ3v) is 4.31. The van der Waals surface area contributed by atoms with Crippen LogP contribution < -0.4 is 14.8 Å². The van der Waals surface area contributed by atoms with Gasteiger partial charge in [-0.25, -0.2) is 4.79 Å². The molecule has 0 bridgehead atoms. The average molecular weight is 374 g/mol. The highest BCUT2D eigenvalue weighted by molar-refractivity contribution is 5.92. The molecule has 0 aliphatic rings. The summed E-state index contributed by atoms with van der Waals surface area (Å²) in [5.74, 6) is 0.683. The van der Waals surface area contributed by atoms with E-state index in [2.05, 4.69) is 10.3 Å². The maximum Gasteiger partial charge on any atom is 0.355 e. The van der Waals surface area contributed by atoms with E-state index >= 15 is 0 Å². The van der Waals surface area contributed by atoms with Crippen LogP contribution in [0.4, 0.5) is 5.69 Å². The Bertz CT molecular complexity index is 804. The van der Waals surface area contributed by atoms with Crippen molar-refractivity contribution >= 4 is 17.6 Å². The molecule has 1 amide bonds. The summed E-state index contributed by atoms with van der Waals surface area (Å²) in [6.45, 7) is 5.83. The largest absolute Gasteiger partial charge is 0.497 e. The van der Waals surface area contributed by atoms with Crippen molar-refractivity contribution in [2.75, 3.05) is 26.1 Å². The van der Waals surface area contributed by atoms with Crippen LogP contribution in [0.1, 0.15) is 40.7 Å². The molecule has 7 heteroatoms. The summed E-state index contributed by atoms with van der Waals surface area (Å²) < 4.78 is 15.5. The van der Waals surface area contributed by atoms with Crippen molar-refractivity contribution in [3.05, 3.63) is 40.7 Å². The van der Waals surface area contributed by atoms with E-state index in [1.54, 1.807) is 39.3 Å². The van der Waals surface area contributed by atoms with Gasteiger partial charge in [-0.2, -0.15) is 0 Å². The summed E-state index contributed by atoms with van der Waals surface area (Å²) >= 11 is 0. The lowest BCUT2D eigenvalue weighted by molar-refractivity contribution is -0.116. The lowest BCUT2D eigenvalue weighted by atomic mass is 10.0. The van der Waals surface area contributed by atoms with Crippen molar-refractivity contribution in [2.24, 2.45) is 0 Å². The molecule has 2 rings (SSSR count). The Labute approximate surface area is 159 Å². The maximum absolute atomic E-state index is 12.4. The van der Waals surface area contributed by atoms with Crippen molar-refractivity contribution < 1.29 is 23.8 Å². The fourth-order valence-electron chi connectivity index (χ4n) is 2.91. The van der Waals surface area contributed by atoms with Crippen molar-refractivity contribution in [2.45, 2.75) is 33.6 Å². The van der Waals surface area contributed by atoms with Crippen LogP contribution in [0.3, 0.4) is 0 Å². The quantitative estimate of drug-likeness (QED) is 0.691. The second kappa shape index (κ2) is 9.12. The van der Waals surface area contributed by atoms with Gasteiger partial charge in [0.15, 0.2) is 0 Å². The Morgan fingerprint density at radius 2 is 1.70 bits per heavy atom. The molecular formula is C20H26N2O5. The van der Waals surface area contributed by atoms with Crippen LogP contribution in [0.5, 0.6) is 11.5 Å². The molecule has 0 aliphatic carbocycles. The molecule has 27 heavy (non-hydrogen) atoms. The molecule has 1 heterocycles. The maximum atomic E-state index is 12.4. The highest BCUT2D eigenvalue weighted by Crippen LogP contribution is 2.26. The van der Waals surface area contributed by atoms with Crippen LogP contribution in [-0.2, 0) is 16.0 Å². The SMILES string of the molecule is CCOC(=O)c1[nH]c(C)c(CCC(=O)Nc2cc(OC)cc(OC)c2)c1C. The summed E-state index contributed by atoms with van der Waals surface area (Å²) in [5, 5.41) is 2.85. The Hall–Kier alpha value is -2.96. The van der Waals surface area contributed by atoms with E-state index in [4.69, 9.17) is 14.2 Å². The predicted molar refractivity (Wildman–Crippen MR) is 103 cm³/mol. The van der Waals surface area contributed by atoms with E-state index < -0.39 is 0 Å². The topological polar surface area (TPSA) is 89.7 Å². The molecule has 0 atom stereocenters. The number of benzene rings is 1. The molecule has 146 valence electrons. The number of amides is 1. The summed E-state index contributed by atoms with van der Waals surface area (Å²) in [5.41, 5.74) is 3.69. The molecule has 0 unspecified atom stereocenters. The molecular weight excluding hydrogens is 348 g/mol. The number of nitrogens with one attached hydrogen (secondary N) is 2. The molecule has 1 aromatic heterocycles. The van der Waals surface area contributed by atoms with Crippen LogP contribution in [-0.4, -0.2) is 37.7 Å². The number of carbonyl (C=O) groups excluding carboxylic acids is 2. The van der Waals surface area contributed by atoms with Gasteiger partial charge in [0.2, 0.25) is 5.91 Å². The number of esters is 1. The number of methoxy groups -OCH3 is 2. The summed E-state index contributed by atoms with van der Waals surface area (Å²) in [7, 11) is 3.11. The van der Waals surface area contributed by atoms with Gasteiger partial charge in [0.05, 0.1) is 20.8 Å². The van der Waals surface area contributed by atoms with Gasteiger partial charge in [0.25, 0.3) is 0 Å². The normalized spacial score (nSPS) is 10.4. The number of hydrogen-bond donors (Lipinski definition) is 2. The van der Waals surface area contributed by atoms with E-state index in [0.717, 1.165) is 16.8 Å². The minimum atomic E-state index is -0.378. The molecule has 7 nitrogen and oxygen atoms in total. The molecule has 0 radical (unpaired) electrons. The number of anilines is 1. The van der Waals surface area contributed by atoms with E-state index in [-0.39, 0.29) is 18.3 Å². The molecule has 1 aromatic carbocycles. The van der Waals surface area contributed by atoms with Crippen molar-refractivity contribution in [1.29, 1.82) is 0 Å². The van der Waals surface area contributed by atoms with E-state index in [1.807, 2.05) is 13.8 Å². The summed E-state index contributed by atoms with van der Waals surface area (Å²) in [6, 6.07) is 5.19. The third kappa shape index (κ3) is 5.03. The van der Waals surface area contributed by atoms with Gasteiger partial charge in [-0.1, -0.05) is 0 Å². The van der Waals surface area contributed by atoms with Crippen molar-refractivity contribution in [3.8, 4) is 11.5 Å². The first kappa shape index (κ1) is 20.4. The number of hydrogen-bond acceptors (Lipinski definition) is 5. The van der Waals surface area contributed by atoms with Gasteiger partial charge >= 0.3 is 5.97 Å². The molecule has 0 saturated carbocycles. The second-order valence-electron chi connectivity index (χ2n) is 6.10. The predicted octanol–water partition coefficient (Wildman–Crippen LogP) is 3.40. The van der Waals surface area contributed by atoms with Gasteiger partial charge in [-0.3, -0.25) is 4.79 Å². The first-order valence-corrected chi connectivity index (χ1v) is 8.77. The van der Waals surface area contributed by atoms with Crippen molar-refractivity contribution in [1.82, 2.24) is 4.98 Å². The van der Waals surface area contributed by atoms with E-state index in [1.165, 1.54) is 0 Å². The van der Waals surface area contributed by atoms with Gasteiger partial charge < -0.3 is 24.5 Å². The average Bonchev–Trinajstić information content (AvgIpc) is 2.93. The molecule has 0 fully saturated rings. The second-order valence-corrected chi connectivity index (χ2v) is 6.10. The number of aromatic amines is 1. The van der Waals surface area contributed by atoms with Gasteiger partial charge in [-0.05, 0) is 38.3 Å². The number of rotatable bonds is 8. The van der Waals surface area contributed by atoms with Crippen LogP contribution in [0, 0.1) is 13.8 Å². The van der Waals surface area contributed by atoms with Gasteiger partial charge in [-0.15, -0.1) is 0 Å². The Kier molecular flexibility index (Phi) is 6.87. The van der Waals surface area contributed by atoms with Crippen LogP contribution >= 0.6 is 0 Å². The van der Waals surface area contributed by atoms with E-state index in [9.17, 15) is 9.59 Å². The Morgan fingerprint density at radius 1 is 1.07 bits per heavy atom. The minimum Gasteiger partial charge on any atom is -0.497 e. The summed E-state index contributed by atoms with van der Waals surface area (Å²) in [6.07, 6.45) is 0.793. The molecule has 2 N–H and O–H groups in total. The Balaban J connectivity index is 2.05. The van der Waals surface area contributed by atoms with Crippen molar-refractivity contribution in [3.63, 3.8) is 0 Å². The zero-order valence-corrected chi connectivity index (χ0v) is 16.4. The highest BCUT2D eigenvalue weighted by Gasteiger charge is 2.18. The fourth-order valence-corrected chi connectivity index (χ4v) is 2.91. The van der Waals surface area contributed by atoms with Crippen LogP contribution in [0.15, 0.2) is 18.2 Å². The van der Waals surface area contributed by atoms with Crippen LogP contribution in [0.25, 0.3) is 0 Å². The lowest BCUT2D eigenvalue weighted by Gasteiger charge is -2.10. The molecule has 0 saturated heterocycles. The molecule has 0 spiro atoms. The number of aryl methyl sites for hydroxylation is 1. The molecule has 0 aliphatic heterocycles. The smallest absolute Gasteiger partial charge is 0.355 e. The molecule has 2 aromatic rings. The zero-order chi connectivity index (χ0) is 20.0. The number of ether oxygens (including phenoxy) is 3. The highest BCUT2D eigenvalue weighted by atomic mass is 16.5. The number of H-pyrrole nitrogens is 1. The lowest BCUT2D eigenvalue weighted by Crippen LogP contribution is -2.13. The minimum absolute atomic E-state index is 0.136. The third-order valence-electron chi connectivity index (χ3n) is 4.31. The van der Waals surface area contributed by atoms with Gasteiger partial charge in [0, 0.05) is 36.0 Å². The van der Waals surface area contributed by atoms with Crippen LogP contribution in [0.2, 0.25) is 0 Å². The zero-order valence-electron chi connectivity index (χ0n) is 16.4. The first-order valence-electron chi connectivity index (χ1n) is 8.77. The summed E-state index contributed by atoms with van der Waals surface area (Å²) in [4.78, 5) is 27.4. The standard InChI is InChI=1S/C20H26N2O5/c1-6-27-20(24)19-12(2)17(13(3)21-19)7-8-18(23)22-14-9-15(25-4)11-16(10-14)26-5/h9-11,21H,6-8H2,1-5H3,(H,22,23). The monoisotopic (exact) mass is 374 g/mol. The first-order chi connectivity index (χ1) is 12.9. The van der Waals surface area contributed by atoms with E-state index in [0.29, 0.717) is 35.9 Å². The number of aromatic nitrogens is 1. The fraction of sp³-hybridized carbons (Fsp3) is 0.400. The number of carbonyl (C=O) groups is 2. The Morgan fingerprint density at radius 3 is 2.26 bits per heavy atom.